The van der Waals surface area contributed by atoms with Crippen LogP contribution in [0.25, 0.3) is 0 Å². The van der Waals surface area contributed by atoms with Gasteiger partial charge in [-0.05, 0) is 6.07 Å². The summed E-state index contributed by atoms with van der Waals surface area (Å²) in [6.45, 7) is -0.780. The highest BCUT2D eigenvalue weighted by Crippen LogP contribution is 2.43. The fourth-order valence-corrected chi connectivity index (χ4v) is 3.82. The van der Waals surface area contributed by atoms with Gasteiger partial charge in [0.2, 0.25) is 5.91 Å². The van der Waals surface area contributed by atoms with Gasteiger partial charge in [-0.2, -0.15) is 0 Å². The Balaban J connectivity index is 1.94. The number of nitrogens with one attached hydrogen (secondary N) is 2. The summed E-state index contributed by atoms with van der Waals surface area (Å²) in [7, 11) is 0. The molecule has 7 atom stereocenters. The summed E-state index contributed by atoms with van der Waals surface area (Å²) >= 11 is 0. The molecule has 0 bridgehead atoms. The predicted octanol–water partition coefficient (Wildman–Crippen LogP) is -5.58. The number of para-hydroxylation sites is 1. The lowest BCUT2D eigenvalue weighted by atomic mass is 9.90. The van der Waals surface area contributed by atoms with Crippen LogP contribution in [0.2, 0.25) is 0 Å². The van der Waals surface area contributed by atoms with Crippen LogP contribution >= 0.6 is 0 Å². The standard InChI is InChI=1S/C20H24N2O12/c23-7-11-14(27)15(28)16(29)18(33-11)34-20(8-3-1-2-4-9(8)22-19(20)32)6-12(24)21-10(17(30)31)5-13(25)26/h1-4,10-11,14-16,18,23,27-29H,5-7H2,(H,21,24)(H,22,32)(H,25,26)(H,30,31)/p-2/t10-,11+,14+,15-,16+,18-,20?/m0/s1. The third-order valence-corrected chi connectivity index (χ3v) is 5.54. The van der Waals surface area contributed by atoms with Gasteiger partial charge in [0, 0.05) is 23.6 Å². The summed E-state index contributed by atoms with van der Waals surface area (Å²) in [5.74, 6) is -5.72. The molecular formula is C20H22N2O12-2. The number of benzene rings is 1. The SMILES string of the molecule is O=C([O-])C[C@H](NC(=O)CC1(O[C@@H]2O[C@H](CO)[C@@H](O)[C@H](O)[C@H]2O)C(=O)Nc2ccccc21)C(=O)[O-]. The average molecular weight is 482 g/mol. The van der Waals surface area contributed by atoms with E-state index >= 15 is 0 Å². The minimum atomic E-state index is -2.23. The van der Waals surface area contributed by atoms with E-state index in [1.807, 2.05) is 5.32 Å². The molecule has 0 spiro atoms. The number of carboxylic acids is 2. The molecule has 186 valence electrons. The first kappa shape index (κ1) is 25.5. The third-order valence-electron chi connectivity index (χ3n) is 5.54. The van der Waals surface area contributed by atoms with E-state index in [-0.39, 0.29) is 11.3 Å². The van der Waals surface area contributed by atoms with Gasteiger partial charge < -0.3 is 60.3 Å². The number of hydrogen-bond donors (Lipinski definition) is 6. The first-order valence-corrected chi connectivity index (χ1v) is 10.1. The van der Waals surface area contributed by atoms with E-state index in [0.717, 1.165) is 0 Å². The average Bonchev–Trinajstić information content (AvgIpc) is 3.04. The second kappa shape index (κ2) is 10.0. The summed E-state index contributed by atoms with van der Waals surface area (Å²) in [5.41, 5.74) is -1.92. The maximum absolute atomic E-state index is 13.0. The Morgan fingerprint density at radius 2 is 1.82 bits per heavy atom. The minimum Gasteiger partial charge on any atom is -0.550 e. The largest absolute Gasteiger partial charge is 0.550 e. The van der Waals surface area contributed by atoms with Crippen molar-refractivity contribution in [2.75, 3.05) is 11.9 Å². The number of carbonyl (C=O) groups excluding carboxylic acids is 4. The first-order chi connectivity index (χ1) is 16.0. The molecule has 2 amide bonds. The number of carbonyl (C=O) groups is 4. The molecular weight excluding hydrogens is 460 g/mol. The zero-order valence-electron chi connectivity index (χ0n) is 17.4. The van der Waals surface area contributed by atoms with E-state index in [0.29, 0.717) is 0 Å². The van der Waals surface area contributed by atoms with Crippen molar-refractivity contribution in [2.45, 2.75) is 55.2 Å². The van der Waals surface area contributed by atoms with Gasteiger partial charge in [0.05, 0.1) is 25.0 Å². The summed E-state index contributed by atoms with van der Waals surface area (Å²) in [4.78, 5) is 47.7. The molecule has 1 fully saturated rings. The van der Waals surface area contributed by atoms with E-state index in [4.69, 9.17) is 9.47 Å². The number of fused-ring (bicyclic) bond motifs is 1. The Morgan fingerprint density at radius 1 is 1.15 bits per heavy atom. The maximum Gasteiger partial charge on any atom is 0.262 e. The van der Waals surface area contributed by atoms with Crippen LogP contribution in [0.5, 0.6) is 0 Å². The number of rotatable bonds is 9. The number of aliphatic carboxylic acids is 2. The molecule has 2 aliphatic rings. The second-order valence-corrected chi connectivity index (χ2v) is 7.83. The van der Waals surface area contributed by atoms with Crippen molar-refractivity contribution >= 4 is 29.4 Å². The number of hydrogen-bond acceptors (Lipinski definition) is 12. The number of aliphatic hydroxyl groups is 4. The monoisotopic (exact) mass is 482 g/mol. The van der Waals surface area contributed by atoms with Gasteiger partial charge >= 0.3 is 0 Å². The molecule has 34 heavy (non-hydrogen) atoms. The molecule has 2 aliphatic heterocycles. The van der Waals surface area contributed by atoms with Crippen molar-refractivity contribution in [1.29, 1.82) is 0 Å². The lowest BCUT2D eigenvalue weighted by Crippen LogP contribution is -2.61. The zero-order valence-corrected chi connectivity index (χ0v) is 17.4. The molecule has 6 N–H and O–H groups in total. The summed E-state index contributed by atoms with van der Waals surface area (Å²) in [5, 5.41) is 66.1. The number of ether oxygens (including phenoxy) is 2. The van der Waals surface area contributed by atoms with Gasteiger partial charge in [-0.25, -0.2) is 0 Å². The fourth-order valence-electron chi connectivity index (χ4n) is 3.82. The quantitative estimate of drug-likeness (QED) is 0.193. The van der Waals surface area contributed by atoms with Gasteiger partial charge in [0.15, 0.2) is 11.9 Å². The van der Waals surface area contributed by atoms with Crippen molar-refractivity contribution in [3.63, 3.8) is 0 Å². The molecule has 3 rings (SSSR count). The second-order valence-electron chi connectivity index (χ2n) is 7.83. The lowest BCUT2D eigenvalue weighted by Gasteiger charge is -2.42. The number of amides is 2. The van der Waals surface area contributed by atoms with Crippen LogP contribution in [0.4, 0.5) is 5.69 Å². The summed E-state index contributed by atoms with van der Waals surface area (Å²) < 4.78 is 11.0. The summed E-state index contributed by atoms with van der Waals surface area (Å²) in [6, 6.07) is 3.98. The van der Waals surface area contributed by atoms with Gasteiger partial charge in [0.1, 0.15) is 24.4 Å². The highest BCUT2D eigenvalue weighted by atomic mass is 16.7. The zero-order chi connectivity index (χ0) is 25.2. The van der Waals surface area contributed by atoms with E-state index < -0.39 is 85.6 Å². The minimum absolute atomic E-state index is 0.0945. The number of aliphatic hydroxyl groups excluding tert-OH is 4. The Hall–Kier alpha value is -3.14. The Labute approximate surface area is 191 Å². The van der Waals surface area contributed by atoms with Crippen molar-refractivity contribution in [3.8, 4) is 0 Å². The molecule has 0 saturated carbocycles. The van der Waals surface area contributed by atoms with Crippen LogP contribution in [0.15, 0.2) is 24.3 Å². The van der Waals surface area contributed by atoms with Crippen LogP contribution < -0.4 is 20.8 Å². The normalized spacial score (nSPS) is 31.3. The molecule has 1 aromatic carbocycles. The molecule has 1 saturated heterocycles. The van der Waals surface area contributed by atoms with Crippen LogP contribution in [0.3, 0.4) is 0 Å². The fraction of sp³-hybridized carbons (Fsp3) is 0.500. The van der Waals surface area contributed by atoms with Crippen LogP contribution in [0, 0.1) is 0 Å². The predicted molar refractivity (Wildman–Crippen MR) is 103 cm³/mol. The van der Waals surface area contributed by atoms with Gasteiger partial charge in [-0.1, -0.05) is 18.2 Å². The molecule has 1 aromatic rings. The van der Waals surface area contributed by atoms with E-state index in [2.05, 4.69) is 5.32 Å². The highest BCUT2D eigenvalue weighted by molar-refractivity contribution is 6.07. The third kappa shape index (κ3) is 4.86. The summed E-state index contributed by atoms with van der Waals surface area (Å²) in [6.07, 6.45) is -10.7. The van der Waals surface area contributed by atoms with E-state index in [9.17, 15) is 49.8 Å². The number of anilines is 1. The van der Waals surface area contributed by atoms with Crippen molar-refractivity contribution < 1.29 is 59.3 Å². The maximum atomic E-state index is 13.0. The van der Waals surface area contributed by atoms with Crippen molar-refractivity contribution in [2.24, 2.45) is 0 Å². The molecule has 0 radical (unpaired) electrons. The van der Waals surface area contributed by atoms with Crippen LogP contribution in [-0.2, 0) is 34.3 Å². The van der Waals surface area contributed by atoms with E-state index in [1.54, 1.807) is 6.07 Å². The Kier molecular flexibility index (Phi) is 7.50. The van der Waals surface area contributed by atoms with Crippen LogP contribution in [0.1, 0.15) is 18.4 Å². The lowest BCUT2D eigenvalue weighted by molar-refractivity contribution is -0.323. The molecule has 2 heterocycles. The number of carboxylic acid groups (broad SMARTS) is 2. The topological polar surface area (TPSA) is 238 Å². The van der Waals surface area contributed by atoms with E-state index in [1.165, 1.54) is 18.2 Å². The van der Waals surface area contributed by atoms with Crippen LogP contribution in [-0.4, -0.2) is 87.5 Å². The molecule has 1 unspecified atom stereocenters. The molecule has 14 heteroatoms. The smallest absolute Gasteiger partial charge is 0.262 e. The van der Waals surface area contributed by atoms with Crippen molar-refractivity contribution in [3.05, 3.63) is 29.8 Å². The molecule has 14 nitrogen and oxygen atoms in total. The Bertz CT molecular complexity index is 969. The molecule has 0 aromatic heterocycles. The van der Waals surface area contributed by atoms with Crippen molar-refractivity contribution in [1.82, 2.24) is 5.32 Å². The molecule has 0 aliphatic carbocycles. The highest BCUT2D eigenvalue weighted by Gasteiger charge is 2.55. The Morgan fingerprint density at radius 3 is 2.44 bits per heavy atom. The van der Waals surface area contributed by atoms with Gasteiger partial charge in [-0.15, -0.1) is 0 Å². The van der Waals surface area contributed by atoms with Gasteiger partial charge in [-0.3, -0.25) is 9.59 Å². The first-order valence-electron chi connectivity index (χ1n) is 10.1. The van der Waals surface area contributed by atoms with Gasteiger partial charge in [0.25, 0.3) is 5.91 Å².